The van der Waals surface area contributed by atoms with Gasteiger partial charge >= 0.3 is 0 Å². The summed E-state index contributed by atoms with van der Waals surface area (Å²) in [5.74, 6) is 0.628. The molecule has 0 amide bonds. The zero-order valence-electron chi connectivity index (χ0n) is 14.9. The molecule has 25 heavy (non-hydrogen) atoms. The highest BCUT2D eigenvalue weighted by Gasteiger charge is 2.29. The van der Waals surface area contributed by atoms with Gasteiger partial charge in [0.15, 0.2) is 11.5 Å². The van der Waals surface area contributed by atoms with Crippen LogP contribution in [0.15, 0.2) is 40.7 Å². The molecule has 1 aliphatic rings. The lowest BCUT2D eigenvalue weighted by atomic mass is 10.1. The second kappa shape index (κ2) is 8.47. The number of ether oxygens (including phenoxy) is 1. The molecule has 0 aliphatic carbocycles. The van der Waals surface area contributed by atoms with Gasteiger partial charge in [-0.3, -0.25) is 4.99 Å². The van der Waals surface area contributed by atoms with Crippen molar-refractivity contribution in [2.75, 3.05) is 46.9 Å². The van der Waals surface area contributed by atoms with Crippen LogP contribution in [0.25, 0.3) is 0 Å². The van der Waals surface area contributed by atoms with Crippen molar-refractivity contribution in [1.29, 1.82) is 0 Å². The summed E-state index contributed by atoms with van der Waals surface area (Å²) >= 11 is 1.81. The van der Waals surface area contributed by atoms with Crippen molar-refractivity contribution >= 4 is 17.6 Å². The van der Waals surface area contributed by atoms with E-state index in [1.165, 1.54) is 31.1 Å². The summed E-state index contributed by atoms with van der Waals surface area (Å²) in [6.07, 6.45) is 1.76. The number of piperazine rings is 1. The number of aromatic hydroxyl groups is 1. The lowest BCUT2D eigenvalue weighted by Crippen LogP contribution is -3.27. The predicted octanol–water partition coefficient (Wildman–Crippen LogP) is 0.0357. The third-order valence-corrected chi connectivity index (χ3v) is 5.88. The van der Waals surface area contributed by atoms with Gasteiger partial charge in [-0.1, -0.05) is 12.1 Å². The Labute approximate surface area is 153 Å². The Morgan fingerprint density at radius 1 is 1.24 bits per heavy atom. The number of rotatable bonds is 6. The van der Waals surface area contributed by atoms with Crippen LogP contribution in [-0.2, 0) is 0 Å². The molecule has 2 heterocycles. The van der Waals surface area contributed by atoms with Crippen LogP contribution in [0.4, 0.5) is 0 Å². The molecular formula is C19H27N3O2S+2. The van der Waals surface area contributed by atoms with Crippen molar-refractivity contribution in [3.05, 3.63) is 46.2 Å². The highest BCUT2D eigenvalue weighted by atomic mass is 32.1. The van der Waals surface area contributed by atoms with Crippen molar-refractivity contribution in [2.24, 2.45) is 4.99 Å². The summed E-state index contributed by atoms with van der Waals surface area (Å²) in [4.78, 5) is 9.28. The number of nitrogens with one attached hydrogen (secondary N) is 2. The number of likely N-dealkylation sites (N-methyl/N-ethyl adjacent to an activating group) is 1. The fourth-order valence-corrected chi connectivity index (χ4v) is 4.20. The van der Waals surface area contributed by atoms with Gasteiger partial charge in [0, 0.05) is 11.8 Å². The summed E-state index contributed by atoms with van der Waals surface area (Å²) in [6.45, 7) is 5.49. The first-order valence-electron chi connectivity index (χ1n) is 8.74. The van der Waals surface area contributed by atoms with E-state index in [1.54, 1.807) is 29.2 Å². The molecule has 1 aliphatic heterocycles. The second-order valence-electron chi connectivity index (χ2n) is 6.58. The number of para-hydroxylation sites is 1. The number of phenolic OH excluding ortho intramolecular Hbond substituents is 1. The van der Waals surface area contributed by atoms with Crippen molar-refractivity contribution < 1.29 is 19.6 Å². The Morgan fingerprint density at radius 2 is 2.04 bits per heavy atom. The first kappa shape index (κ1) is 17.9. The maximum atomic E-state index is 10.2. The Balaban J connectivity index is 1.73. The van der Waals surface area contributed by atoms with Gasteiger partial charge in [0.25, 0.3) is 0 Å². The van der Waals surface area contributed by atoms with Crippen LogP contribution in [0.2, 0.25) is 0 Å². The molecule has 1 saturated heterocycles. The summed E-state index contributed by atoms with van der Waals surface area (Å²) in [5, 5.41) is 12.3. The first-order chi connectivity index (χ1) is 12.2. The average molecular weight is 362 g/mol. The minimum Gasteiger partial charge on any atom is -0.504 e. The number of phenols is 1. The first-order valence-corrected chi connectivity index (χ1v) is 9.62. The number of thiophene rings is 1. The van der Waals surface area contributed by atoms with Gasteiger partial charge in [0.05, 0.1) is 25.6 Å². The smallest absolute Gasteiger partial charge is 0.166 e. The van der Waals surface area contributed by atoms with Crippen LogP contribution < -0.4 is 14.5 Å². The van der Waals surface area contributed by atoms with E-state index in [1.807, 2.05) is 23.5 Å². The van der Waals surface area contributed by atoms with Crippen LogP contribution in [0.3, 0.4) is 0 Å². The molecule has 3 rings (SSSR count). The van der Waals surface area contributed by atoms with Gasteiger partial charge in [0.1, 0.15) is 32.2 Å². The minimum absolute atomic E-state index is 0.150. The molecular weight excluding hydrogens is 334 g/mol. The standard InChI is InChI=1S/C19H25N3O2S/c1-21-8-10-22(11-9-21)16(18-7-4-12-25-18)14-20-13-15-5-3-6-17(24-2)19(15)23/h3-7,12-13,16,23H,8-11,14H2,1-2H3/p+2/t16-/m1/s1. The Morgan fingerprint density at radius 3 is 2.72 bits per heavy atom. The van der Waals surface area contributed by atoms with E-state index in [2.05, 4.69) is 29.6 Å². The van der Waals surface area contributed by atoms with Crippen LogP contribution in [0.1, 0.15) is 16.5 Å². The molecule has 134 valence electrons. The number of nitrogens with zero attached hydrogens (tertiary/aromatic N) is 1. The number of hydrogen-bond donors (Lipinski definition) is 3. The highest BCUT2D eigenvalue weighted by molar-refractivity contribution is 7.10. The van der Waals surface area contributed by atoms with Gasteiger partial charge < -0.3 is 19.6 Å². The van der Waals surface area contributed by atoms with Crippen molar-refractivity contribution in [3.8, 4) is 11.5 Å². The number of aliphatic imine (C=N–C) groups is 1. The lowest BCUT2D eigenvalue weighted by Gasteiger charge is -2.32. The van der Waals surface area contributed by atoms with Crippen molar-refractivity contribution in [2.45, 2.75) is 6.04 Å². The highest BCUT2D eigenvalue weighted by Crippen LogP contribution is 2.28. The van der Waals surface area contributed by atoms with Crippen LogP contribution in [0, 0.1) is 0 Å². The van der Waals surface area contributed by atoms with E-state index in [9.17, 15) is 5.11 Å². The molecule has 0 bridgehead atoms. The van der Waals surface area contributed by atoms with Gasteiger partial charge in [0.2, 0.25) is 0 Å². The molecule has 6 heteroatoms. The quantitative estimate of drug-likeness (QED) is 0.636. The zero-order chi connectivity index (χ0) is 17.6. The number of methoxy groups -OCH3 is 1. The molecule has 5 nitrogen and oxygen atoms in total. The SMILES string of the molecule is COc1cccc(C=NC[C@H](c2cccs2)[NH+]2CC[NH+](C)CC2)c1O. The second-order valence-corrected chi connectivity index (χ2v) is 7.55. The molecule has 0 spiro atoms. The zero-order valence-corrected chi connectivity index (χ0v) is 15.7. The molecule has 2 aromatic rings. The van der Waals surface area contributed by atoms with Gasteiger partial charge in [-0.15, -0.1) is 11.3 Å². The topological polar surface area (TPSA) is 50.7 Å². The third kappa shape index (κ3) is 4.39. The van der Waals surface area contributed by atoms with Crippen LogP contribution in [-0.4, -0.2) is 58.2 Å². The fourth-order valence-electron chi connectivity index (χ4n) is 3.32. The molecule has 1 atom stereocenters. The van der Waals surface area contributed by atoms with E-state index >= 15 is 0 Å². The number of hydrogen-bond acceptors (Lipinski definition) is 4. The average Bonchev–Trinajstić information content (AvgIpc) is 3.15. The minimum atomic E-state index is 0.150. The van der Waals surface area contributed by atoms with Gasteiger partial charge in [-0.25, -0.2) is 0 Å². The summed E-state index contributed by atoms with van der Waals surface area (Å²) in [5.41, 5.74) is 0.696. The number of benzene rings is 1. The molecule has 0 radical (unpaired) electrons. The number of quaternary nitrogens is 2. The molecule has 0 saturated carbocycles. The largest absolute Gasteiger partial charge is 0.504 e. The maximum absolute atomic E-state index is 10.2. The maximum Gasteiger partial charge on any atom is 0.166 e. The van der Waals surface area contributed by atoms with E-state index < -0.39 is 0 Å². The Kier molecular flexibility index (Phi) is 6.07. The predicted molar refractivity (Wildman–Crippen MR) is 101 cm³/mol. The summed E-state index contributed by atoms with van der Waals surface area (Å²) in [6, 6.07) is 10.2. The molecule has 1 aromatic carbocycles. The van der Waals surface area contributed by atoms with Crippen molar-refractivity contribution in [1.82, 2.24) is 0 Å². The molecule has 1 aromatic heterocycles. The summed E-state index contributed by atoms with van der Waals surface area (Å²) in [7, 11) is 3.82. The Hall–Kier alpha value is -1.89. The molecule has 3 N–H and O–H groups in total. The normalized spacial score (nSPS) is 22.2. The lowest BCUT2D eigenvalue weighted by molar-refractivity contribution is -1.02. The van der Waals surface area contributed by atoms with E-state index in [0.29, 0.717) is 17.4 Å². The van der Waals surface area contributed by atoms with E-state index in [4.69, 9.17) is 4.74 Å². The van der Waals surface area contributed by atoms with Crippen molar-refractivity contribution in [3.63, 3.8) is 0 Å². The molecule has 1 fully saturated rings. The molecule has 0 unspecified atom stereocenters. The van der Waals surface area contributed by atoms with Crippen LogP contribution >= 0.6 is 11.3 Å². The van der Waals surface area contributed by atoms with E-state index in [0.717, 1.165) is 6.54 Å². The monoisotopic (exact) mass is 361 g/mol. The third-order valence-electron chi connectivity index (χ3n) is 4.89. The van der Waals surface area contributed by atoms with Gasteiger partial charge in [-0.05, 0) is 23.6 Å². The summed E-state index contributed by atoms with van der Waals surface area (Å²) < 4.78 is 5.16. The Bertz CT molecular complexity index is 695. The van der Waals surface area contributed by atoms with Gasteiger partial charge in [-0.2, -0.15) is 0 Å². The fraction of sp³-hybridized carbons (Fsp3) is 0.421. The van der Waals surface area contributed by atoms with Crippen LogP contribution in [0.5, 0.6) is 11.5 Å². The van der Waals surface area contributed by atoms with E-state index in [-0.39, 0.29) is 5.75 Å².